The first-order valence-electron chi connectivity index (χ1n) is 9.04. The molecule has 3 aliphatic rings. The normalized spacial score (nSPS) is 33.1. The molecule has 2 amide bonds. The van der Waals surface area contributed by atoms with Gasteiger partial charge in [0.25, 0.3) is 0 Å². The van der Waals surface area contributed by atoms with Gasteiger partial charge in [0.1, 0.15) is 0 Å². The molecule has 0 unspecified atom stereocenters. The van der Waals surface area contributed by atoms with E-state index in [0.29, 0.717) is 0 Å². The summed E-state index contributed by atoms with van der Waals surface area (Å²) in [5, 5.41) is 2.93. The Hall–Kier alpha value is -1.34. The number of hydrogen-bond donors (Lipinski definition) is 2. The average Bonchev–Trinajstić information content (AvgIpc) is 2.57. The zero-order valence-electron chi connectivity index (χ0n) is 13.9. The van der Waals surface area contributed by atoms with Crippen LogP contribution in [0.2, 0.25) is 0 Å². The van der Waals surface area contributed by atoms with Gasteiger partial charge in [0, 0.05) is 18.3 Å². The topological polar surface area (TPSA) is 87.8 Å². The van der Waals surface area contributed by atoms with Crippen molar-refractivity contribution in [3.05, 3.63) is 0 Å². The fourth-order valence-corrected chi connectivity index (χ4v) is 4.28. The molecule has 132 valence electrons. The maximum absolute atomic E-state index is 12.9. The van der Waals surface area contributed by atoms with E-state index in [2.05, 4.69) is 10.3 Å². The van der Waals surface area contributed by atoms with E-state index in [4.69, 9.17) is 18.0 Å². The number of nitrogens with one attached hydrogen (secondary N) is 1. The van der Waals surface area contributed by atoms with E-state index in [1.54, 1.807) is 4.90 Å². The number of rotatable bonds is 3. The highest BCUT2D eigenvalue weighted by molar-refractivity contribution is 7.80. The summed E-state index contributed by atoms with van der Waals surface area (Å²) < 4.78 is 0. The van der Waals surface area contributed by atoms with Gasteiger partial charge >= 0.3 is 0 Å². The smallest absolute Gasteiger partial charge is 0.247 e. The summed E-state index contributed by atoms with van der Waals surface area (Å²) in [6.07, 6.45) is 10.9. The van der Waals surface area contributed by atoms with Gasteiger partial charge < -0.3 is 11.1 Å². The minimum Gasteiger partial charge on any atom is -0.326 e. The van der Waals surface area contributed by atoms with Crippen molar-refractivity contribution < 1.29 is 9.59 Å². The summed E-state index contributed by atoms with van der Waals surface area (Å²) in [5.41, 5.74) is 6.10. The molecule has 24 heavy (non-hydrogen) atoms. The number of carbonyl (C=O) groups is 2. The molecule has 3 N–H and O–H groups in total. The van der Waals surface area contributed by atoms with Crippen molar-refractivity contribution in [1.29, 1.82) is 0 Å². The van der Waals surface area contributed by atoms with Crippen LogP contribution in [0, 0.1) is 5.92 Å². The second-order valence-corrected chi connectivity index (χ2v) is 7.47. The Morgan fingerprint density at radius 3 is 2.46 bits per heavy atom. The molecule has 0 aromatic heterocycles. The predicted octanol–water partition coefficient (Wildman–Crippen LogP) is 1.52. The maximum Gasteiger partial charge on any atom is 0.247 e. The molecule has 1 saturated heterocycles. The number of carbonyl (C=O) groups excluding carboxylic acids is 2. The van der Waals surface area contributed by atoms with Gasteiger partial charge in [-0.1, -0.05) is 32.1 Å². The summed E-state index contributed by atoms with van der Waals surface area (Å²) in [7, 11) is 0. The minimum atomic E-state index is -0.882. The lowest BCUT2D eigenvalue weighted by molar-refractivity contribution is -0.139. The SMILES string of the molecule is N[C@@H]1CCCC[C@H]1N=C[C@H]1C(=O)NC(=S)N(C2CCCCC2)C1=O. The lowest BCUT2D eigenvalue weighted by Crippen LogP contribution is -2.61. The van der Waals surface area contributed by atoms with Gasteiger partial charge in [-0.15, -0.1) is 0 Å². The molecule has 2 aliphatic carbocycles. The van der Waals surface area contributed by atoms with E-state index < -0.39 is 5.92 Å². The number of amides is 2. The molecule has 3 atom stereocenters. The molecule has 0 bridgehead atoms. The summed E-state index contributed by atoms with van der Waals surface area (Å²) >= 11 is 5.25. The van der Waals surface area contributed by atoms with E-state index >= 15 is 0 Å². The van der Waals surface area contributed by atoms with E-state index in [9.17, 15) is 9.59 Å². The van der Waals surface area contributed by atoms with Gasteiger partial charge in [-0.05, 0) is 37.9 Å². The quantitative estimate of drug-likeness (QED) is 0.459. The fraction of sp³-hybridized carbons (Fsp3) is 0.765. The van der Waals surface area contributed by atoms with E-state index in [0.717, 1.165) is 51.4 Å². The maximum atomic E-state index is 12.9. The third-order valence-corrected chi connectivity index (χ3v) is 5.68. The number of nitrogens with two attached hydrogens (primary N) is 1. The van der Waals surface area contributed by atoms with Crippen LogP contribution in [0.25, 0.3) is 0 Å². The van der Waals surface area contributed by atoms with Crippen LogP contribution >= 0.6 is 12.2 Å². The van der Waals surface area contributed by atoms with Crippen LogP contribution in [0.1, 0.15) is 57.8 Å². The molecule has 3 fully saturated rings. The van der Waals surface area contributed by atoms with Crippen molar-refractivity contribution in [3.63, 3.8) is 0 Å². The lowest BCUT2D eigenvalue weighted by atomic mass is 9.91. The van der Waals surface area contributed by atoms with Gasteiger partial charge in [0.05, 0.1) is 6.04 Å². The largest absolute Gasteiger partial charge is 0.326 e. The van der Waals surface area contributed by atoms with Crippen molar-refractivity contribution in [1.82, 2.24) is 10.2 Å². The Morgan fingerprint density at radius 2 is 1.75 bits per heavy atom. The molecule has 1 heterocycles. The molecule has 0 spiro atoms. The van der Waals surface area contributed by atoms with E-state index in [-0.39, 0.29) is 35.1 Å². The van der Waals surface area contributed by atoms with Crippen molar-refractivity contribution in [2.45, 2.75) is 75.9 Å². The first kappa shape index (κ1) is 17.5. The molecule has 7 heteroatoms. The monoisotopic (exact) mass is 350 g/mol. The number of thiocarbonyl (C=S) groups is 1. The fourth-order valence-electron chi connectivity index (χ4n) is 3.94. The highest BCUT2D eigenvalue weighted by Gasteiger charge is 2.41. The Labute approximate surface area is 148 Å². The first-order chi connectivity index (χ1) is 11.6. The van der Waals surface area contributed by atoms with Gasteiger partial charge in [-0.2, -0.15) is 0 Å². The molecule has 3 rings (SSSR count). The number of hydrogen-bond acceptors (Lipinski definition) is 5. The highest BCUT2D eigenvalue weighted by Crippen LogP contribution is 2.26. The minimum absolute atomic E-state index is 0.0105. The van der Waals surface area contributed by atoms with Crippen LogP contribution < -0.4 is 11.1 Å². The molecular weight excluding hydrogens is 324 g/mol. The van der Waals surface area contributed by atoms with Crippen molar-refractivity contribution in [2.75, 3.05) is 0 Å². The molecule has 0 aromatic carbocycles. The first-order valence-corrected chi connectivity index (χ1v) is 9.45. The summed E-state index contributed by atoms with van der Waals surface area (Å²) in [6.45, 7) is 0. The van der Waals surface area contributed by atoms with Crippen LogP contribution in [-0.2, 0) is 9.59 Å². The third kappa shape index (κ3) is 3.67. The van der Waals surface area contributed by atoms with Crippen LogP contribution in [0.3, 0.4) is 0 Å². The molecule has 2 saturated carbocycles. The third-order valence-electron chi connectivity index (χ3n) is 5.38. The van der Waals surface area contributed by atoms with Crippen molar-refractivity contribution in [3.8, 4) is 0 Å². The number of nitrogens with zero attached hydrogens (tertiary/aromatic N) is 2. The predicted molar refractivity (Wildman–Crippen MR) is 96.7 cm³/mol. The van der Waals surface area contributed by atoms with Crippen LogP contribution in [0.4, 0.5) is 0 Å². The van der Waals surface area contributed by atoms with Gasteiger partial charge in [0.2, 0.25) is 11.8 Å². The van der Waals surface area contributed by atoms with Crippen molar-refractivity contribution in [2.24, 2.45) is 16.6 Å². The van der Waals surface area contributed by atoms with E-state index in [1.165, 1.54) is 12.6 Å². The van der Waals surface area contributed by atoms with Crippen molar-refractivity contribution >= 4 is 35.4 Å². The Bertz CT molecular complexity index is 545. The highest BCUT2D eigenvalue weighted by atomic mass is 32.1. The summed E-state index contributed by atoms with van der Waals surface area (Å²) in [5.74, 6) is -1.48. The standard InChI is InChI=1S/C17H26N4O2S/c18-13-8-4-5-9-14(13)19-10-12-15(22)20-17(24)21(16(12)23)11-6-2-1-3-7-11/h10-14H,1-9,18H2,(H,20,22,24)/t12-,13+,14+/m0/s1. The Morgan fingerprint density at radius 1 is 1.08 bits per heavy atom. The summed E-state index contributed by atoms with van der Waals surface area (Å²) in [4.78, 5) is 31.2. The van der Waals surface area contributed by atoms with Gasteiger partial charge in [-0.25, -0.2) is 0 Å². The van der Waals surface area contributed by atoms with Crippen LogP contribution in [-0.4, -0.2) is 46.2 Å². The van der Waals surface area contributed by atoms with Crippen LogP contribution in [0.5, 0.6) is 0 Å². The van der Waals surface area contributed by atoms with Gasteiger partial charge in [0.15, 0.2) is 11.0 Å². The summed E-state index contributed by atoms with van der Waals surface area (Å²) in [6, 6.07) is 0.135. The Kier molecular flexibility index (Phi) is 5.61. The Balaban J connectivity index is 1.72. The van der Waals surface area contributed by atoms with E-state index in [1.807, 2.05) is 0 Å². The second kappa shape index (κ2) is 7.70. The van der Waals surface area contributed by atoms with Crippen LogP contribution in [0.15, 0.2) is 4.99 Å². The average molecular weight is 350 g/mol. The molecule has 1 aliphatic heterocycles. The van der Waals surface area contributed by atoms with Gasteiger partial charge in [-0.3, -0.25) is 19.5 Å². The molecule has 0 aromatic rings. The number of aliphatic imine (C=N–C) groups is 1. The second-order valence-electron chi connectivity index (χ2n) is 7.09. The molecule has 0 radical (unpaired) electrons. The lowest BCUT2D eigenvalue weighted by Gasteiger charge is -2.38. The molecular formula is C17H26N4O2S. The molecule has 6 nitrogen and oxygen atoms in total. The zero-order valence-corrected chi connectivity index (χ0v) is 14.8. The zero-order chi connectivity index (χ0) is 17.1.